The van der Waals surface area contributed by atoms with E-state index in [1.807, 2.05) is 0 Å². The minimum Gasteiger partial charge on any atom is -0.465 e. The topological polar surface area (TPSA) is 88.7 Å². The number of nitrogens with two attached hydrogens (primary N) is 1. The summed E-state index contributed by atoms with van der Waals surface area (Å²) in [7, 11) is 1.32. The maximum Gasteiger partial charge on any atom is 0.411 e. The Labute approximate surface area is 114 Å². The van der Waals surface area contributed by atoms with Gasteiger partial charge in [0.05, 0.1) is 11.9 Å². The number of anilines is 2. The van der Waals surface area contributed by atoms with E-state index in [0.29, 0.717) is 5.69 Å². The lowest BCUT2D eigenvalue weighted by Crippen LogP contribution is -2.23. The van der Waals surface area contributed by atoms with Gasteiger partial charge in [0.25, 0.3) is 0 Å². The molecule has 20 heavy (non-hydrogen) atoms. The standard InChI is InChI=1S/C13H12FN3O3/c1-17(13(18)19)9-3-4-11(10(14)6-9)20-12-5-2-8(15)7-16-12/h2-7H,15H2,1H3,(H,18,19). The van der Waals surface area contributed by atoms with Gasteiger partial charge in [-0.05, 0) is 18.2 Å². The lowest BCUT2D eigenvalue weighted by molar-refractivity contribution is 0.203. The average molecular weight is 277 g/mol. The Morgan fingerprint density at radius 2 is 2.15 bits per heavy atom. The zero-order chi connectivity index (χ0) is 14.7. The predicted octanol–water partition coefficient (Wildman–Crippen LogP) is 2.71. The molecule has 0 saturated heterocycles. The molecule has 0 spiro atoms. The van der Waals surface area contributed by atoms with Gasteiger partial charge in [0, 0.05) is 24.9 Å². The maximum atomic E-state index is 13.8. The summed E-state index contributed by atoms with van der Waals surface area (Å²) in [6.07, 6.45) is 0.207. The average Bonchev–Trinajstić information content (AvgIpc) is 2.42. The van der Waals surface area contributed by atoms with Crippen LogP contribution in [0.25, 0.3) is 0 Å². The Kier molecular flexibility index (Phi) is 3.69. The fourth-order valence-corrected chi connectivity index (χ4v) is 1.46. The fourth-order valence-electron chi connectivity index (χ4n) is 1.46. The van der Waals surface area contributed by atoms with E-state index in [0.717, 1.165) is 11.0 Å². The quantitative estimate of drug-likeness (QED) is 0.900. The first-order valence-electron chi connectivity index (χ1n) is 5.63. The van der Waals surface area contributed by atoms with E-state index in [1.54, 1.807) is 6.07 Å². The van der Waals surface area contributed by atoms with Crippen molar-refractivity contribution in [3.8, 4) is 11.6 Å². The van der Waals surface area contributed by atoms with Crippen molar-refractivity contribution in [2.45, 2.75) is 0 Å². The molecule has 1 amide bonds. The molecule has 0 bridgehead atoms. The minimum atomic E-state index is -1.18. The van der Waals surface area contributed by atoms with E-state index in [9.17, 15) is 9.18 Å². The minimum absolute atomic E-state index is 0.0511. The lowest BCUT2D eigenvalue weighted by atomic mass is 10.2. The normalized spacial score (nSPS) is 10.1. The molecule has 0 radical (unpaired) electrons. The second-order valence-corrected chi connectivity index (χ2v) is 3.99. The van der Waals surface area contributed by atoms with Gasteiger partial charge in [-0.15, -0.1) is 0 Å². The number of carbonyl (C=O) groups is 1. The van der Waals surface area contributed by atoms with Gasteiger partial charge in [0.2, 0.25) is 5.88 Å². The number of carboxylic acid groups (broad SMARTS) is 1. The molecule has 7 heteroatoms. The molecule has 2 rings (SSSR count). The molecule has 0 aliphatic carbocycles. The van der Waals surface area contributed by atoms with Crippen molar-refractivity contribution in [2.24, 2.45) is 0 Å². The van der Waals surface area contributed by atoms with Gasteiger partial charge >= 0.3 is 6.09 Å². The summed E-state index contributed by atoms with van der Waals surface area (Å²) in [5.41, 5.74) is 6.15. The first-order valence-corrected chi connectivity index (χ1v) is 5.63. The van der Waals surface area contributed by atoms with E-state index in [4.69, 9.17) is 15.6 Å². The molecule has 6 nitrogen and oxygen atoms in total. The number of benzene rings is 1. The number of nitrogens with zero attached hydrogens (tertiary/aromatic N) is 2. The third kappa shape index (κ3) is 2.94. The SMILES string of the molecule is CN(C(=O)O)c1ccc(Oc2ccc(N)cn2)c(F)c1. The summed E-state index contributed by atoms with van der Waals surface area (Å²) in [6, 6.07) is 6.92. The highest BCUT2D eigenvalue weighted by molar-refractivity contribution is 5.85. The van der Waals surface area contributed by atoms with Crippen LogP contribution >= 0.6 is 0 Å². The maximum absolute atomic E-state index is 13.8. The molecule has 1 aromatic carbocycles. The Hall–Kier alpha value is -2.83. The highest BCUT2D eigenvalue weighted by Gasteiger charge is 2.12. The molecule has 2 aromatic rings. The van der Waals surface area contributed by atoms with Crippen LogP contribution in [0.15, 0.2) is 36.5 Å². The number of ether oxygens (including phenoxy) is 1. The Morgan fingerprint density at radius 3 is 2.70 bits per heavy atom. The molecule has 0 fully saturated rings. The number of nitrogen functional groups attached to an aromatic ring is 1. The van der Waals surface area contributed by atoms with Crippen molar-refractivity contribution >= 4 is 17.5 Å². The summed E-state index contributed by atoms with van der Waals surface area (Å²) in [6.45, 7) is 0. The Morgan fingerprint density at radius 1 is 1.40 bits per heavy atom. The van der Waals surface area contributed by atoms with Gasteiger partial charge in [0.15, 0.2) is 11.6 Å². The van der Waals surface area contributed by atoms with Gasteiger partial charge in [-0.25, -0.2) is 14.2 Å². The molecule has 1 aromatic heterocycles. The van der Waals surface area contributed by atoms with Gasteiger partial charge in [-0.2, -0.15) is 0 Å². The van der Waals surface area contributed by atoms with Crippen LogP contribution < -0.4 is 15.4 Å². The molecular weight excluding hydrogens is 265 g/mol. The van der Waals surface area contributed by atoms with Crippen molar-refractivity contribution in [3.05, 3.63) is 42.3 Å². The third-order valence-corrected chi connectivity index (χ3v) is 2.56. The van der Waals surface area contributed by atoms with Crippen LogP contribution in [0.3, 0.4) is 0 Å². The molecule has 3 N–H and O–H groups in total. The van der Waals surface area contributed by atoms with E-state index >= 15 is 0 Å². The molecule has 0 aliphatic heterocycles. The third-order valence-electron chi connectivity index (χ3n) is 2.56. The highest BCUT2D eigenvalue weighted by atomic mass is 19.1. The van der Waals surface area contributed by atoms with Crippen molar-refractivity contribution in [1.82, 2.24) is 4.98 Å². The zero-order valence-electron chi connectivity index (χ0n) is 10.6. The van der Waals surface area contributed by atoms with Crippen LogP contribution in [0.4, 0.5) is 20.6 Å². The van der Waals surface area contributed by atoms with Crippen LogP contribution in [0.2, 0.25) is 0 Å². The van der Waals surface area contributed by atoms with Crippen molar-refractivity contribution < 1.29 is 19.0 Å². The number of pyridine rings is 1. The summed E-state index contributed by atoms with van der Waals surface area (Å²) >= 11 is 0. The van der Waals surface area contributed by atoms with Crippen molar-refractivity contribution in [3.63, 3.8) is 0 Å². The van der Waals surface area contributed by atoms with Gasteiger partial charge in [-0.3, -0.25) is 4.90 Å². The highest BCUT2D eigenvalue weighted by Crippen LogP contribution is 2.27. The number of hydrogen-bond donors (Lipinski definition) is 2. The van der Waals surface area contributed by atoms with Gasteiger partial charge < -0.3 is 15.6 Å². The summed E-state index contributed by atoms with van der Waals surface area (Å²) in [5, 5.41) is 8.81. The second kappa shape index (κ2) is 5.43. The van der Waals surface area contributed by atoms with Gasteiger partial charge in [0.1, 0.15) is 0 Å². The number of amides is 1. The van der Waals surface area contributed by atoms with E-state index < -0.39 is 11.9 Å². The first kappa shape index (κ1) is 13.6. The van der Waals surface area contributed by atoms with Crippen LogP contribution in [-0.4, -0.2) is 23.2 Å². The van der Waals surface area contributed by atoms with Crippen LogP contribution in [0.1, 0.15) is 0 Å². The molecule has 104 valence electrons. The van der Waals surface area contributed by atoms with Crippen LogP contribution in [0.5, 0.6) is 11.6 Å². The Balaban J connectivity index is 2.21. The predicted molar refractivity (Wildman–Crippen MR) is 71.6 cm³/mol. The Bertz CT molecular complexity index is 631. The molecule has 0 atom stereocenters. The molecule has 1 heterocycles. The molecule has 0 saturated carbocycles. The second-order valence-electron chi connectivity index (χ2n) is 3.99. The van der Waals surface area contributed by atoms with Crippen molar-refractivity contribution in [2.75, 3.05) is 17.7 Å². The number of hydrogen-bond acceptors (Lipinski definition) is 4. The number of halogens is 1. The monoisotopic (exact) mass is 277 g/mol. The van der Waals surface area contributed by atoms with Crippen LogP contribution in [-0.2, 0) is 0 Å². The largest absolute Gasteiger partial charge is 0.465 e. The fraction of sp³-hybridized carbons (Fsp3) is 0.0769. The van der Waals surface area contributed by atoms with Crippen molar-refractivity contribution in [1.29, 1.82) is 0 Å². The molecule has 0 aliphatic rings. The van der Waals surface area contributed by atoms with Crippen LogP contribution in [0, 0.1) is 5.82 Å². The summed E-state index contributed by atoms with van der Waals surface area (Å²) in [4.78, 5) is 15.5. The number of aromatic nitrogens is 1. The molecular formula is C13H12FN3O3. The summed E-state index contributed by atoms with van der Waals surface area (Å²) < 4.78 is 19.1. The lowest BCUT2D eigenvalue weighted by Gasteiger charge is -2.14. The van der Waals surface area contributed by atoms with E-state index in [2.05, 4.69) is 4.98 Å². The zero-order valence-corrected chi connectivity index (χ0v) is 10.6. The van der Waals surface area contributed by atoms with Gasteiger partial charge in [-0.1, -0.05) is 0 Å². The number of rotatable bonds is 3. The molecule has 0 unspecified atom stereocenters. The smallest absolute Gasteiger partial charge is 0.411 e. The first-order chi connectivity index (χ1) is 9.47. The van der Waals surface area contributed by atoms with E-state index in [-0.39, 0.29) is 17.3 Å². The summed E-state index contributed by atoms with van der Waals surface area (Å²) in [5.74, 6) is -0.545. The van der Waals surface area contributed by atoms with E-state index in [1.165, 1.54) is 31.4 Å².